The molecular weight excluding hydrogens is 879 g/mol. The Morgan fingerprint density at radius 1 is 0.768 bits per heavy atom. The van der Waals surface area contributed by atoms with Gasteiger partial charge in [0, 0.05) is 47.7 Å². The first-order valence-corrected chi connectivity index (χ1v) is 24.7. The van der Waals surface area contributed by atoms with Gasteiger partial charge in [0.1, 0.15) is 40.2 Å². The topological polar surface area (TPSA) is 195 Å². The molecule has 376 valence electrons. The fraction of sp³-hybridized carbons (Fsp3) is 0.564. The summed E-state index contributed by atoms with van der Waals surface area (Å²) in [5.74, 6) is -1.47. The number of benzene rings is 2. The average molecular weight is 954 g/mol. The summed E-state index contributed by atoms with van der Waals surface area (Å²) >= 11 is 0. The molecule has 0 aliphatic carbocycles. The zero-order chi connectivity index (χ0) is 50.5. The highest BCUT2D eigenvalue weighted by molar-refractivity contribution is 6.02. The maximum absolute atomic E-state index is 14.2. The van der Waals surface area contributed by atoms with Gasteiger partial charge in [-0.3, -0.25) is 9.59 Å². The van der Waals surface area contributed by atoms with Crippen molar-refractivity contribution < 1.29 is 53.8 Å². The number of aliphatic hydroxyl groups is 2. The van der Waals surface area contributed by atoms with Gasteiger partial charge in [0.25, 0.3) is 11.8 Å². The summed E-state index contributed by atoms with van der Waals surface area (Å²) in [7, 11) is 0. The van der Waals surface area contributed by atoms with Crippen LogP contribution in [0.2, 0.25) is 0 Å². The Morgan fingerprint density at radius 2 is 1.29 bits per heavy atom. The number of hydrogen-bond donors (Lipinski definition) is 5. The minimum atomic E-state index is -1.26. The van der Waals surface area contributed by atoms with Crippen molar-refractivity contribution in [2.75, 3.05) is 6.54 Å². The third kappa shape index (κ3) is 12.2. The molecule has 0 bridgehead atoms. The summed E-state index contributed by atoms with van der Waals surface area (Å²) in [4.78, 5) is 57.0. The van der Waals surface area contributed by atoms with Gasteiger partial charge >= 0.3 is 12.1 Å². The van der Waals surface area contributed by atoms with E-state index >= 15 is 0 Å². The van der Waals surface area contributed by atoms with E-state index in [0.29, 0.717) is 65.0 Å². The Labute approximate surface area is 408 Å². The van der Waals surface area contributed by atoms with Crippen molar-refractivity contribution in [1.82, 2.24) is 15.1 Å². The lowest BCUT2D eigenvalue weighted by atomic mass is 9.84. The molecule has 4 heterocycles. The van der Waals surface area contributed by atoms with Crippen LogP contribution in [0.25, 0.3) is 0 Å². The molecule has 2 aromatic rings. The lowest BCUT2D eigenvalue weighted by molar-refractivity contribution is -0.142. The van der Waals surface area contributed by atoms with Crippen LogP contribution < -0.4 is 19.5 Å². The van der Waals surface area contributed by atoms with Gasteiger partial charge in [0.2, 0.25) is 0 Å². The zero-order valence-electron chi connectivity index (χ0n) is 42.4. The van der Waals surface area contributed by atoms with E-state index in [-0.39, 0.29) is 74.3 Å². The molecule has 14 heteroatoms. The predicted octanol–water partition coefficient (Wildman–Crippen LogP) is 9.79. The molecule has 4 aliphatic heterocycles. The molecule has 0 fully saturated rings. The van der Waals surface area contributed by atoms with Crippen molar-refractivity contribution in [2.45, 2.75) is 195 Å². The van der Waals surface area contributed by atoms with E-state index in [2.05, 4.69) is 71.2 Å². The number of ether oxygens (including phenoxy) is 3. The van der Waals surface area contributed by atoms with Gasteiger partial charge in [-0.25, -0.2) is 9.59 Å². The monoisotopic (exact) mass is 954 g/mol. The molecule has 69 heavy (non-hydrogen) atoms. The van der Waals surface area contributed by atoms with Gasteiger partial charge < -0.3 is 49.8 Å². The summed E-state index contributed by atoms with van der Waals surface area (Å²) in [5.41, 5.74) is 5.39. The summed E-state index contributed by atoms with van der Waals surface area (Å²) in [5, 5.41) is 47.3. The fourth-order valence-corrected chi connectivity index (χ4v) is 9.84. The van der Waals surface area contributed by atoms with Crippen molar-refractivity contribution in [3.63, 3.8) is 0 Å². The van der Waals surface area contributed by atoms with Crippen molar-refractivity contribution in [2.24, 2.45) is 0 Å². The molecule has 0 spiro atoms. The third-order valence-corrected chi connectivity index (χ3v) is 14.1. The summed E-state index contributed by atoms with van der Waals surface area (Å²) < 4.78 is 19.1. The first-order chi connectivity index (χ1) is 32.5. The standard InChI is InChI=1S/C55H75N3O11/c1-32(2)16-11-18-35(7)20-13-23-54(9)46(60)28-39-44(59)26-37-42(48(39)68-54)31-58(51(37)63)43(52(64)65)22-15-25-57-30-41-38(50(57)62)27-45(67-53(66)56-34(5)6)40-29-47(61)55(10,69-49(40)41)24-14-21-36(8)19-12-17-33(3)4/h16-17,20-21,26-27,34,43,46-47,59-61H,11-15,18-19,22-25,28-31H2,1-10H3,(H,56,66)(H,64,65)/b35-20+,36-21+/t43-,46-,47-,54+,55+/m0/s1. The van der Waals surface area contributed by atoms with E-state index in [1.54, 1.807) is 18.7 Å². The SMILES string of the molecule is CC(C)=CCC/C(C)=C/CC[C@@]1(C)Oc2c(c(O)cc3c2CN([C@@H](CCCN2Cc4c(cc(OC(=O)NC(C)C)c5c4O[C@](C)(CC/C=C(\C)CCC=C(C)C)[C@@H](O)C5)C2=O)C(=O)O)C3=O)C[C@@H]1O. The van der Waals surface area contributed by atoms with Gasteiger partial charge in [0.05, 0.1) is 36.4 Å². The number of amides is 3. The average Bonchev–Trinajstić information content (AvgIpc) is 3.74. The van der Waals surface area contributed by atoms with Crippen LogP contribution in [0.3, 0.4) is 0 Å². The number of aromatic hydroxyl groups is 1. The maximum Gasteiger partial charge on any atom is 0.412 e. The molecule has 0 radical (unpaired) electrons. The van der Waals surface area contributed by atoms with Crippen LogP contribution in [0.5, 0.6) is 23.0 Å². The number of nitrogens with zero attached hydrogens (tertiary/aromatic N) is 2. The number of aliphatic carboxylic acids is 1. The highest BCUT2D eigenvalue weighted by Gasteiger charge is 2.47. The Balaban J connectivity index is 1.17. The molecule has 5 atom stereocenters. The van der Waals surface area contributed by atoms with Crippen molar-refractivity contribution in [1.29, 1.82) is 0 Å². The van der Waals surface area contributed by atoms with E-state index in [4.69, 9.17) is 14.2 Å². The van der Waals surface area contributed by atoms with Gasteiger partial charge in [-0.15, -0.1) is 0 Å². The van der Waals surface area contributed by atoms with Crippen LogP contribution in [0.1, 0.15) is 176 Å². The second-order valence-corrected chi connectivity index (χ2v) is 20.9. The summed E-state index contributed by atoms with van der Waals surface area (Å²) in [6, 6.07) is 1.40. The molecule has 4 aliphatic rings. The van der Waals surface area contributed by atoms with E-state index in [1.165, 1.54) is 39.3 Å². The van der Waals surface area contributed by atoms with Gasteiger partial charge in [-0.05, 0) is 146 Å². The minimum absolute atomic E-state index is 0.0177. The molecule has 5 N–H and O–H groups in total. The van der Waals surface area contributed by atoms with Crippen LogP contribution >= 0.6 is 0 Å². The molecule has 3 amide bonds. The molecule has 2 aromatic carbocycles. The van der Waals surface area contributed by atoms with Crippen LogP contribution in [0.15, 0.2) is 58.7 Å². The molecular formula is C55H75N3O11. The fourth-order valence-electron chi connectivity index (χ4n) is 9.84. The Morgan fingerprint density at radius 3 is 1.83 bits per heavy atom. The number of carboxylic acids is 1. The first kappa shape index (κ1) is 52.8. The third-order valence-electron chi connectivity index (χ3n) is 14.1. The number of fused-ring (bicyclic) bond motifs is 6. The number of phenolic OH excluding ortho intramolecular Hbond substituents is 1. The minimum Gasteiger partial charge on any atom is -0.508 e. The number of phenols is 1. The van der Waals surface area contributed by atoms with Crippen LogP contribution in [0, 0.1) is 0 Å². The number of nitrogens with one attached hydrogen (secondary N) is 1. The molecule has 6 rings (SSSR count). The van der Waals surface area contributed by atoms with Crippen LogP contribution in [0.4, 0.5) is 4.79 Å². The molecule has 0 saturated heterocycles. The van der Waals surface area contributed by atoms with E-state index in [9.17, 15) is 39.6 Å². The highest BCUT2D eigenvalue weighted by atomic mass is 16.6. The van der Waals surface area contributed by atoms with Crippen LogP contribution in [-0.4, -0.2) is 96.1 Å². The van der Waals surface area contributed by atoms with Crippen LogP contribution in [-0.2, 0) is 30.7 Å². The number of carbonyl (C=O) groups is 4. The molecule has 0 saturated carbocycles. The first-order valence-electron chi connectivity index (χ1n) is 24.7. The quantitative estimate of drug-likeness (QED) is 0.0793. The second-order valence-electron chi connectivity index (χ2n) is 20.9. The second kappa shape index (κ2) is 22.0. The van der Waals surface area contributed by atoms with Crippen molar-refractivity contribution >= 4 is 23.9 Å². The number of rotatable bonds is 20. The summed E-state index contributed by atoms with van der Waals surface area (Å²) in [6.07, 6.45) is 12.7. The Bertz CT molecular complexity index is 2430. The Hall–Kier alpha value is -5.60. The number of aliphatic hydroxyl groups excluding tert-OH is 2. The zero-order valence-corrected chi connectivity index (χ0v) is 42.4. The van der Waals surface area contributed by atoms with E-state index < -0.39 is 47.4 Å². The molecule has 14 nitrogen and oxygen atoms in total. The number of carbonyl (C=O) groups excluding carboxylic acids is 3. The number of allylic oxidation sites excluding steroid dienone is 8. The van der Waals surface area contributed by atoms with E-state index in [1.807, 2.05) is 13.8 Å². The lowest BCUT2D eigenvalue weighted by Crippen LogP contribution is -2.49. The van der Waals surface area contributed by atoms with Crippen molar-refractivity contribution in [3.8, 4) is 23.0 Å². The largest absolute Gasteiger partial charge is 0.508 e. The molecule has 0 aromatic heterocycles. The van der Waals surface area contributed by atoms with Gasteiger partial charge in [-0.1, -0.05) is 46.6 Å². The predicted molar refractivity (Wildman–Crippen MR) is 265 cm³/mol. The smallest absolute Gasteiger partial charge is 0.412 e. The lowest BCUT2D eigenvalue weighted by Gasteiger charge is -2.41. The highest BCUT2D eigenvalue weighted by Crippen LogP contribution is 2.49. The molecule has 0 unspecified atom stereocenters. The maximum atomic E-state index is 14.2. The Kier molecular flexibility index (Phi) is 16.8. The van der Waals surface area contributed by atoms with Gasteiger partial charge in [-0.2, -0.15) is 0 Å². The van der Waals surface area contributed by atoms with E-state index in [0.717, 1.165) is 25.7 Å². The number of hydrogen-bond acceptors (Lipinski definition) is 10. The van der Waals surface area contributed by atoms with Crippen molar-refractivity contribution in [3.05, 3.63) is 92.1 Å². The van der Waals surface area contributed by atoms with Gasteiger partial charge in [0.15, 0.2) is 0 Å². The summed E-state index contributed by atoms with van der Waals surface area (Å²) in [6.45, 7) is 20.0. The normalized spacial score (nSPS) is 22.3. The number of carboxylic acid groups (broad SMARTS) is 1.